The summed E-state index contributed by atoms with van der Waals surface area (Å²) < 4.78 is 11.4. The molecule has 1 aliphatic rings. The van der Waals surface area contributed by atoms with Gasteiger partial charge in [-0.3, -0.25) is 9.88 Å². The van der Waals surface area contributed by atoms with Crippen molar-refractivity contribution in [1.29, 1.82) is 0 Å². The van der Waals surface area contributed by atoms with Crippen LogP contribution in [0.15, 0.2) is 42.6 Å². The number of rotatable bonds is 6. The molecule has 0 bridgehead atoms. The van der Waals surface area contributed by atoms with E-state index >= 15 is 0 Å². The summed E-state index contributed by atoms with van der Waals surface area (Å²) in [6.45, 7) is 4.71. The van der Waals surface area contributed by atoms with Crippen LogP contribution >= 0.6 is 0 Å². The van der Waals surface area contributed by atoms with E-state index in [1.54, 1.807) is 13.3 Å². The molecular weight excluding hydrogens is 316 g/mol. The lowest BCUT2D eigenvalue weighted by atomic mass is 9.95. The van der Waals surface area contributed by atoms with Crippen molar-refractivity contribution < 1.29 is 14.6 Å². The Bertz CT molecular complexity index is 689. The van der Waals surface area contributed by atoms with Gasteiger partial charge in [0.1, 0.15) is 18.1 Å². The number of nitrogens with zero attached hydrogens (tertiary/aromatic N) is 2. The van der Waals surface area contributed by atoms with Gasteiger partial charge in [-0.1, -0.05) is 6.07 Å². The molecule has 5 nitrogen and oxygen atoms in total. The van der Waals surface area contributed by atoms with Crippen LogP contribution in [0.5, 0.6) is 11.5 Å². The van der Waals surface area contributed by atoms with Crippen LogP contribution in [0.2, 0.25) is 0 Å². The molecule has 1 unspecified atom stereocenters. The minimum atomic E-state index is -0.619. The highest BCUT2D eigenvalue weighted by atomic mass is 16.5. The summed E-state index contributed by atoms with van der Waals surface area (Å²) in [4.78, 5) is 6.57. The molecule has 5 heteroatoms. The molecule has 0 spiro atoms. The second kappa shape index (κ2) is 7.85. The van der Waals surface area contributed by atoms with Crippen LogP contribution in [0, 0.1) is 0 Å². The molecule has 134 valence electrons. The SMILES string of the molecule is COc1ccc(OCc2ccccn2)c(CN2CCCC(C)(O)C2)c1. The first-order valence-corrected chi connectivity index (χ1v) is 8.70. The lowest BCUT2D eigenvalue weighted by Crippen LogP contribution is -2.45. The maximum absolute atomic E-state index is 10.3. The molecule has 1 aliphatic heterocycles. The standard InChI is InChI=1S/C20H26N2O3/c1-20(23)9-5-11-22(15-20)13-16-12-18(24-2)7-8-19(16)25-14-17-6-3-4-10-21-17/h3-4,6-8,10,12,23H,5,9,11,13-15H2,1-2H3. The van der Waals surface area contributed by atoms with Crippen molar-refractivity contribution >= 4 is 0 Å². The Morgan fingerprint density at radius 2 is 2.16 bits per heavy atom. The van der Waals surface area contributed by atoms with Gasteiger partial charge in [0.25, 0.3) is 0 Å². The molecule has 1 N–H and O–H groups in total. The molecule has 0 saturated carbocycles. The molecular formula is C20H26N2O3. The monoisotopic (exact) mass is 342 g/mol. The Kier molecular flexibility index (Phi) is 5.56. The van der Waals surface area contributed by atoms with Gasteiger partial charge in [0.05, 0.1) is 18.4 Å². The molecule has 3 rings (SSSR count). The number of likely N-dealkylation sites (tertiary alicyclic amines) is 1. The number of piperidine rings is 1. The number of methoxy groups -OCH3 is 1. The van der Waals surface area contributed by atoms with Crippen molar-refractivity contribution in [1.82, 2.24) is 9.88 Å². The topological polar surface area (TPSA) is 54.8 Å². The number of hydrogen-bond donors (Lipinski definition) is 1. The Balaban J connectivity index is 1.74. The summed E-state index contributed by atoms with van der Waals surface area (Å²) in [5, 5.41) is 10.3. The zero-order valence-electron chi connectivity index (χ0n) is 14.9. The predicted molar refractivity (Wildman–Crippen MR) is 96.7 cm³/mol. The zero-order chi connectivity index (χ0) is 17.7. The average Bonchev–Trinajstić information content (AvgIpc) is 2.60. The second-order valence-corrected chi connectivity index (χ2v) is 6.89. The van der Waals surface area contributed by atoms with Gasteiger partial charge < -0.3 is 14.6 Å². The summed E-state index contributed by atoms with van der Waals surface area (Å²) in [6, 6.07) is 11.7. The molecule has 1 aromatic carbocycles. The highest BCUT2D eigenvalue weighted by molar-refractivity contribution is 5.40. The van der Waals surface area contributed by atoms with Crippen LogP contribution in [0.4, 0.5) is 0 Å². The van der Waals surface area contributed by atoms with Gasteiger partial charge in [-0.2, -0.15) is 0 Å². The minimum Gasteiger partial charge on any atom is -0.497 e. The first-order chi connectivity index (χ1) is 12.1. The quantitative estimate of drug-likeness (QED) is 0.874. The Hall–Kier alpha value is -2.11. The smallest absolute Gasteiger partial charge is 0.130 e. The lowest BCUT2D eigenvalue weighted by Gasteiger charge is -2.37. The van der Waals surface area contributed by atoms with E-state index in [-0.39, 0.29) is 0 Å². The number of aliphatic hydroxyl groups is 1. The first kappa shape index (κ1) is 17.7. The van der Waals surface area contributed by atoms with Crippen molar-refractivity contribution in [3.63, 3.8) is 0 Å². The van der Waals surface area contributed by atoms with Crippen LogP contribution < -0.4 is 9.47 Å². The van der Waals surface area contributed by atoms with Crippen LogP contribution in [0.3, 0.4) is 0 Å². The van der Waals surface area contributed by atoms with E-state index in [1.165, 1.54) is 0 Å². The fourth-order valence-corrected chi connectivity index (χ4v) is 3.28. The molecule has 1 atom stereocenters. The molecule has 0 amide bonds. The average molecular weight is 342 g/mol. The minimum absolute atomic E-state index is 0.428. The summed E-state index contributed by atoms with van der Waals surface area (Å²) in [7, 11) is 1.67. The maximum Gasteiger partial charge on any atom is 0.130 e. The number of ether oxygens (including phenoxy) is 2. The van der Waals surface area contributed by atoms with Crippen molar-refractivity contribution in [2.75, 3.05) is 20.2 Å². The largest absolute Gasteiger partial charge is 0.497 e. The summed E-state index contributed by atoms with van der Waals surface area (Å²) in [6.07, 6.45) is 3.62. The van der Waals surface area contributed by atoms with Crippen LogP contribution in [0.1, 0.15) is 31.0 Å². The Morgan fingerprint density at radius 1 is 1.28 bits per heavy atom. The third-order valence-corrected chi connectivity index (χ3v) is 4.52. The molecule has 1 aromatic heterocycles. The molecule has 1 fully saturated rings. The summed E-state index contributed by atoms with van der Waals surface area (Å²) in [5.74, 6) is 1.64. The second-order valence-electron chi connectivity index (χ2n) is 6.89. The first-order valence-electron chi connectivity index (χ1n) is 8.70. The molecule has 25 heavy (non-hydrogen) atoms. The number of β-amino-alcohol motifs (C(OH)–C–C–N with tert-alkyl or cyclic N) is 1. The molecule has 0 radical (unpaired) electrons. The van der Waals surface area contributed by atoms with Crippen molar-refractivity contribution in [3.8, 4) is 11.5 Å². The summed E-state index contributed by atoms with van der Waals surface area (Å²) >= 11 is 0. The van der Waals surface area contributed by atoms with Gasteiger partial charge in [0.15, 0.2) is 0 Å². The fourth-order valence-electron chi connectivity index (χ4n) is 3.28. The third kappa shape index (κ3) is 4.94. The fraction of sp³-hybridized carbons (Fsp3) is 0.450. The molecule has 0 aliphatic carbocycles. The Morgan fingerprint density at radius 3 is 2.88 bits per heavy atom. The van der Waals surface area contributed by atoms with Gasteiger partial charge in [-0.25, -0.2) is 0 Å². The highest BCUT2D eigenvalue weighted by Crippen LogP contribution is 2.29. The normalized spacial score (nSPS) is 21.1. The molecule has 1 saturated heterocycles. The van der Waals surface area contributed by atoms with Gasteiger partial charge in [-0.15, -0.1) is 0 Å². The van der Waals surface area contributed by atoms with Gasteiger partial charge in [0.2, 0.25) is 0 Å². The van der Waals surface area contributed by atoms with E-state index in [4.69, 9.17) is 9.47 Å². The maximum atomic E-state index is 10.3. The molecule has 2 heterocycles. The third-order valence-electron chi connectivity index (χ3n) is 4.52. The van der Waals surface area contributed by atoms with E-state index in [0.717, 1.165) is 48.7 Å². The van der Waals surface area contributed by atoms with E-state index in [0.29, 0.717) is 13.2 Å². The van der Waals surface area contributed by atoms with E-state index < -0.39 is 5.60 Å². The van der Waals surface area contributed by atoms with Crippen LogP contribution in [0.25, 0.3) is 0 Å². The van der Waals surface area contributed by atoms with Crippen molar-refractivity contribution in [2.24, 2.45) is 0 Å². The van der Waals surface area contributed by atoms with Gasteiger partial charge in [-0.05, 0) is 56.6 Å². The number of benzene rings is 1. The van der Waals surface area contributed by atoms with Crippen molar-refractivity contribution in [2.45, 2.75) is 38.5 Å². The lowest BCUT2D eigenvalue weighted by molar-refractivity contribution is -0.0183. The van der Waals surface area contributed by atoms with E-state index in [2.05, 4.69) is 9.88 Å². The number of pyridine rings is 1. The van der Waals surface area contributed by atoms with Gasteiger partial charge >= 0.3 is 0 Å². The van der Waals surface area contributed by atoms with E-state index in [9.17, 15) is 5.11 Å². The zero-order valence-corrected chi connectivity index (χ0v) is 14.9. The van der Waals surface area contributed by atoms with Crippen LogP contribution in [-0.4, -0.2) is 40.8 Å². The number of hydrogen-bond acceptors (Lipinski definition) is 5. The van der Waals surface area contributed by atoms with Gasteiger partial charge in [0, 0.05) is 24.8 Å². The number of aromatic nitrogens is 1. The van der Waals surface area contributed by atoms with Crippen molar-refractivity contribution in [3.05, 3.63) is 53.9 Å². The van der Waals surface area contributed by atoms with E-state index in [1.807, 2.05) is 43.3 Å². The highest BCUT2D eigenvalue weighted by Gasteiger charge is 2.28. The molecule has 2 aromatic rings. The Labute approximate surface area is 149 Å². The summed E-state index contributed by atoms with van der Waals surface area (Å²) in [5.41, 5.74) is 1.34. The van der Waals surface area contributed by atoms with Crippen LogP contribution in [-0.2, 0) is 13.2 Å². The predicted octanol–water partition coefficient (Wildman–Crippen LogP) is 3.02.